The summed E-state index contributed by atoms with van der Waals surface area (Å²) in [5.74, 6) is 0.511. The minimum atomic E-state index is -3.64. The van der Waals surface area contributed by atoms with Crippen molar-refractivity contribution in [3.05, 3.63) is 22.2 Å². The van der Waals surface area contributed by atoms with Crippen molar-refractivity contribution in [1.29, 1.82) is 5.26 Å². The summed E-state index contributed by atoms with van der Waals surface area (Å²) in [7, 11) is -1.94. The molecule has 26 heavy (non-hydrogen) atoms. The highest BCUT2D eigenvalue weighted by Gasteiger charge is 2.50. The Bertz CT molecular complexity index is 843. The van der Waals surface area contributed by atoms with Gasteiger partial charge in [0.25, 0.3) is 0 Å². The molecule has 1 aromatic rings. The fourth-order valence-electron chi connectivity index (χ4n) is 3.93. The molecule has 2 aliphatic rings. The van der Waals surface area contributed by atoms with E-state index in [1.807, 2.05) is 6.92 Å². The number of halogens is 1. The normalized spacial score (nSPS) is 22.3. The molecular weight excluding hydrogens is 414 g/mol. The van der Waals surface area contributed by atoms with Gasteiger partial charge in [0.1, 0.15) is 11.0 Å². The van der Waals surface area contributed by atoms with Gasteiger partial charge < -0.3 is 4.90 Å². The van der Waals surface area contributed by atoms with Crippen molar-refractivity contribution >= 4 is 31.6 Å². The van der Waals surface area contributed by atoms with E-state index in [-0.39, 0.29) is 5.54 Å². The molecule has 0 bridgehead atoms. The first-order chi connectivity index (χ1) is 12.2. The van der Waals surface area contributed by atoms with Crippen LogP contribution in [-0.4, -0.2) is 38.4 Å². The zero-order valence-corrected chi connectivity index (χ0v) is 18.0. The summed E-state index contributed by atoms with van der Waals surface area (Å²) in [5.41, 5.74) is 0.887. The van der Waals surface area contributed by atoms with Crippen LogP contribution in [0.1, 0.15) is 51.5 Å². The Balaban J connectivity index is 2.11. The number of hydrogen-bond acceptors (Lipinski definition) is 4. The number of piperidine rings is 1. The maximum absolute atomic E-state index is 13.5. The second-order valence-electron chi connectivity index (χ2n) is 7.66. The van der Waals surface area contributed by atoms with E-state index in [1.165, 1.54) is 0 Å². The molecule has 0 amide bonds. The monoisotopic (exact) mass is 439 g/mol. The van der Waals surface area contributed by atoms with Crippen molar-refractivity contribution < 1.29 is 8.42 Å². The van der Waals surface area contributed by atoms with Crippen molar-refractivity contribution in [2.45, 2.75) is 56.4 Å². The molecule has 1 aliphatic carbocycles. The fourth-order valence-corrected chi connectivity index (χ4v) is 6.35. The first kappa shape index (κ1) is 19.7. The largest absolute Gasteiger partial charge is 0.370 e. The van der Waals surface area contributed by atoms with Gasteiger partial charge in [-0.2, -0.15) is 9.57 Å². The van der Waals surface area contributed by atoms with E-state index in [1.54, 1.807) is 23.5 Å². The number of anilines is 1. The molecule has 0 N–H and O–H groups in total. The number of sulfonamides is 1. The van der Waals surface area contributed by atoms with E-state index in [0.717, 1.165) is 45.2 Å². The third-order valence-corrected chi connectivity index (χ3v) is 8.61. The molecule has 1 aromatic carbocycles. The van der Waals surface area contributed by atoms with Gasteiger partial charge in [0.05, 0.1) is 11.3 Å². The zero-order valence-electron chi connectivity index (χ0n) is 15.6. The standard InChI is InChI=1S/C19H26BrN3O2S/c1-4-19(7-8-19)22(3)26(24,25)18-11-16(20)15(12-21)10-17(18)23-9-5-6-14(2)13-23/h10-11,14H,4-9,13H2,1-3H3/t14-/m0/s1. The molecule has 2 fully saturated rings. The van der Waals surface area contributed by atoms with Crippen LogP contribution in [0.25, 0.3) is 0 Å². The number of nitrogens with zero attached hydrogens (tertiary/aromatic N) is 3. The molecule has 142 valence electrons. The predicted octanol–water partition coefficient (Wildman–Crippen LogP) is 4.12. The second kappa shape index (κ2) is 7.14. The highest BCUT2D eigenvalue weighted by molar-refractivity contribution is 9.10. The van der Waals surface area contributed by atoms with Gasteiger partial charge in [-0.25, -0.2) is 8.42 Å². The van der Waals surface area contributed by atoms with Crippen LogP contribution in [0.15, 0.2) is 21.5 Å². The Morgan fingerprint density at radius 3 is 2.65 bits per heavy atom. The smallest absolute Gasteiger partial charge is 0.245 e. The maximum atomic E-state index is 13.5. The van der Waals surface area contributed by atoms with Gasteiger partial charge in [0, 0.05) is 30.1 Å². The lowest BCUT2D eigenvalue weighted by Gasteiger charge is -2.35. The SMILES string of the molecule is CCC1(N(C)S(=O)(=O)c2cc(Br)c(C#N)cc2N2CCC[C@H](C)C2)CC1. The van der Waals surface area contributed by atoms with Crippen LogP contribution in [0.4, 0.5) is 5.69 Å². The molecule has 0 aromatic heterocycles. The molecule has 3 rings (SSSR count). The molecular formula is C19H26BrN3O2S. The highest BCUT2D eigenvalue weighted by Crippen LogP contribution is 2.47. The summed E-state index contributed by atoms with van der Waals surface area (Å²) in [5, 5.41) is 9.42. The van der Waals surface area contributed by atoms with Gasteiger partial charge in [-0.3, -0.25) is 0 Å². The third-order valence-electron chi connectivity index (χ3n) is 5.96. The van der Waals surface area contributed by atoms with Gasteiger partial charge in [0.15, 0.2) is 0 Å². The fraction of sp³-hybridized carbons (Fsp3) is 0.632. The molecule has 0 unspecified atom stereocenters. The number of hydrogen-bond donors (Lipinski definition) is 0. The van der Waals surface area contributed by atoms with E-state index in [2.05, 4.69) is 33.8 Å². The highest BCUT2D eigenvalue weighted by atomic mass is 79.9. The van der Waals surface area contributed by atoms with Gasteiger partial charge in [0.2, 0.25) is 10.0 Å². The Morgan fingerprint density at radius 1 is 1.42 bits per heavy atom. The topological polar surface area (TPSA) is 64.4 Å². The van der Waals surface area contributed by atoms with Gasteiger partial charge in [-0.15, -0.1) is 0 Å². The molecule has 1 atom stereocenters. The Labute approximate surface area is 165 Å². The van der Waals surface area contributed by atoms with E-state index in [9.17, 15) is 13.7 Å². The van der Waals surface area contributed by atoms with Crippen molar-refractivity contribution in [3.8, 4) is 6.07 Å². The van der Waals surface area contributed by atoms with Crippen LogP contribution in [0.5, 0.6) is 0 Å². The summed E-state index contributed by atoms with van der Waals surface area (Å²) in [6, 6.07) is 5.51. The number of rotatable bonds is 5. The van der Waals surface area contributed by atoms with E-state index in [4.69, 9.17) is 0 Å². The van der Waals surface area contributed by atoms with Crippen LogP contribution in [0, 0.1) is 17.2 Å². The molecule has 1 saturated carbocycles. The zero-order chi connectivity index (χ0) is 19.1. The van der Waals surface area contributed by atoms with Crippen LogP contribution in [0.2, 0.25) is 0 Å². The Morgan fingerprint density at radius 2 is 2.12 bits per heavy atom. The van der Waals surface area contributed by atoms with Gasteiger partial charge >= 0.3 is 0 Å². The van der Waals surface area contributed by atoms with Crippen molar-refractivity contribution in [1.82, 2.24) is 4.31 Å². The summed E-state index contributed by atoms with van der Waals surface area (Å²) in [6.45, 7) is 5.87. The van der Waals surface area contributed by atoms with Gasteiger partial charge in [-0.05, 0) is 66.1 Å². The summed E-state index contributed by atoms with van der Waals surface area (Å²) in [4.78, 5) is 2.44. The van der Waals surface area contributed by atoms with Gasteiger partial charge in [-0.1, -0.05) is 13.8 Å². The average Bonchev–Trinajstić information content (AvgIpc) is 3.42. The van der Waals surface area contributed by atoms with E-state index < -0.39 is 10.0 Å². The van der Waals surface area contributed by atoms with Crippen molar-refractivity contribution in [3.63, 3.8) is 0 Å². The molecule has 1 aliphatic heterocycles. The van der Waals surface area contributed by atoms with Crippen LogP contribution >= 0.6 is 15.9 Å². The average molecular weight is 440 g/mol. The summed E-state index contributed by atoms with van der Waals surface area (Å²) < 4.78 is 29.0. The Hall–Kier alpha value is -1.10. The maximum Gasteiger partial charge on any atom is 0.245 e. The first-order valence-corrected chi connectivity index (χ1v) is 11.5. The lowest BCUT2D eigenvalue weighted by atomic mass is 9.99. The lowest BCUT2D eigenvalue weighted by Crippen LogP contribution is -2.40. The van der Waals surface area contributed by atoms with Crippen molar-refractivity contribution in [2.24, 2.45) is 5.92 Å². The molecule has 0 radical (unpaired) electrons. The minimum absolute atomic E-state index is 0.244. The second-order valence-corrected chi connectivity index (χ2v) is 10.4. The lowest BCUT2D eigenvalue weighted by molar-refractivity contribution is 0.338. The molecule has 1 saturated heterocycles. The van der Waals surface area contributed by atoms with Crippen LogP contribution < -0.4 is 4.90 Å². The number of nitriles is 1. The molecule has 5 nitrogen and oxygen atoms in total. The summed E-state index contributed by atoms with van der Waals surface area (Å²) >= 11 is 3.38. The predicted molar refractivity (Wildman–Crippen MR) is 107 cm³/mol. The molecule has 0 spiro atoms. The molecule has 1 heterocycles. The van der Waals surface area contributed by atoms with Crippen LogP contribution in [-0.2, 0) is 10.0 Å². The van der Waals surface area contributed by atoms with Crippen molar-refractivity contribution in [2.75, 3.05) is 25.0 Å². The third kappa shape index (κ3) is 3.39. The van der Waals surface area contributed by atoms with E-state index >= 15 is 0 Å². The minimum Gasteiger partial charge on any atom is -0.370 e. The number of benzene rings is 1. The quantitative estimate of drug-likeness (QED) is 0.691. The molecule has 7 heteroatoms. The van der Waals surface area contributed by atoms with Crippen LogP contribution in [0.3, 0.4) is 0 Å². The summed E-state index contributed by atoms with van der Waals surface area (Å²) in [6.07, 6.45) is 4.82. The Kier molecular flexibility index (Phi) is 5.40. The first-order valence-electron chi connectivity index (χ1n) is 9.23. The van der Waals surface area contributed by atoms with E-state index in [0.29, 0.717) is 26.5 Å².